The molecule has 4 rings (SSSR count). The van der Waals surface area contributed by atoms with Crippen molar-refractivity contribution < 1.29 is 9.53 Å². The van der Waals surface area contributed by atoms with E-state index in [9.17, 15) is 4.79 Å². The van der Waals surface area contributed by atoms with Crippen LogP contribution < -0.4 is 4.74 Å². The predicted molar refractivity (Wildman–Crippen MR) is 109 cm³/mol. The fourth-order valence-electron chi connectivity index (χ4n) is 3.74. The van der Waals surface area contributed by atoms with E-state index >= 15 is 0 Å². The van der Waals surface area contributed by atoms with E-state index in [1.807, 2.05) is 49.9 Å². The van der Waals surface area contributed by atoms with E-state index in [0.29, 0.717) is 16.5 Å². The van der Waals surface area contributed by atoms with Crippen LogP contribution in [0.25, 0.3) is 16.7 Å². The van der Waals surface area contributed by atoms with E-state index in [-0.39, 0.29) is 12.5 Å². The van der Waals surface area contributed by atoms with Crippen LogP contribution in [-0.2, 0) is 4.79 Å². The summed E-state index contributed by atoms with van der Waals surface area (Å²) >= 11 is 6.30. The third-order valence-corrected chi connectivity index (χ3v) is 5.67. The first-order chi connectivity index (χ1) is 13.5. The monoisotopic (exact) mass is 398 g/mol. The van der Waals surface area contributed by atoms with Crippen LogP contribution >= 0.6 is 11.6 Å². The minimum atomic E-state index is 0.00125. The molecule has 0 atom stereocenters. The summed E-state index contributed by atoms with van der Waals surface area (Å²) in [6.07, 6.45) is 2.12. The van der Waals surface area contributed by atoms with Crippen LogP contribution in [0.2, 0.25) is 5.02 Å². The highest BCUT2D eigenvalue weighted by Gasteiger charge is 2.20. The van der Waals surface area contributed by atoms with Crippen molar-refractivity contribution >= 4 is 28.5 Å². The number of fused-ring (bicyclic) bond motifs is 1. The van der Waals surface area contributed by atoms with Crippen molar-refractivity contribution in [1.82, 2.24) is 19.7 Å². The zero-order valence-corrected chi connectivity index (χ0v) is 17.1. The van der Waals surface area contributed by atoms with Gasteiger partial charge in [0.15, 0.2) is 12.3 Å². The second kappa shape index (κ2) is 7.43. The van der Waals surface area contributed by atoms with Crippen LogP contribution in [0, 0.1) is 20.8 Å². The number of hydrogen-bond donors (Lipinski definition) is 0. The van der Waals surface area contributed by atoms with Gasteiger partial charge in [-0.05, 0) is 56.9 Å². The Morgan fingerprint density at radius 2 is 1.96 bits per heavy atom. The molecule has 1 amide bonds. The molecule has 6 nitrogen and oxygen atoms in total. The molecule has 1 aliphatic heterocycles. The van der Waals surface area contributed by atoms with E-state index in [0.717, 1.165) is 53.8 Å². The SMILES string of the molecule is Cc1c(Cl)cccc1-n1nc(C)c2c(C)cc(OCC(=O)N3CCCC3)nc21. The molecule has 28 heavy (non-hydrogen) atoms. The standard InChI is InChI=1S/C21H23ClN4O2/c1-13-11-18(28-12-19(27)25-9-4-5-10-25)23-21-20(13)15(3)24-26(21)17-8-6-7-16(22)14(17)2/h6-8,11H,4-5,9-10,12H2,1-3H3. The molecule has 1 aromatic carbocycles. The molecule has 1 saturated heterocycles. The molecule has 3 heterocycles. The molecular formula is C21H23ClN4O2. The van der Waals surface area contributed by atoms with Crippen molar-refractivity contribution in [1.29, 1.82) is 0 Å². The Hall–Kier alpha value is -2.60. The molecule has 0 aliphatic carbocycles. The summed E-state index contributed by atoms with van der Waals surface area (Å²) in [5.41, 5.74) is 4.41. The predicted octanol–water partition coefficient (Wildman–Crippen LogP) is 4.00. The number of benzene rings is 1. The lowest BCUT2D eigenvalue weighted by Gasteiger charge is -2.15. The van der Waals surface area contributed by atoms with Gasteiger partial charge >= 0.3 is 0 Å². The molecule has 146 valence electrons. The van der Waals surface area contributed by atoms with Crippen LogP contribution in [0.15, 0.2) is 24.3 Å². The number of likely N-dealkylation sites (tertiary alicyclic amines) is 1. The van der Waals surface area contributed by atoms with Gasteiger partial charge in [0.1, 0.15) is 0 Å². The number of hydrogen-bond acceptors (Lipinski definition) is 4. The summed E-state index contributed by atoms with van der Waals surface area (Å²) < 4.78 is 7.55. The van der Waals surface area contributed by atoms with Gasteiger partial charge in [-0.1, -0.05) is 17.7 Å². The first-order valence-corrected chi connectivity index (χ1v) is 9.86. The van der Waals surface area contributed by atoms with Gasteiger partial charge in [-0.2, -0.15) is 10.1 Å². The maximum atomic E-state index is 12.3. The van der Waals surface area contributed by atoms with E-state index < -0.39 is 0 Å². The molecule has 0 N–H and O–H groups in total. The van der Waals surface area contributed by atoms with E-state index in [4.69, 9.17) is 16.3 Å². The van der Waals surface area contributed by atoms with E-state index in [2.05, 4.69) is 10.1 Å². The van der Waals surface area contributed by atoms with Crippen molar-refractivity contribution in [3.8, 4) is 11.6 Å². The first-order valence-electron chi connectivity index (χ1n) is 9.48. The molecule has 1 fully saturated rings. The van der Waals surface area contributed by atoms with Crippen LogP contribution in [0.5, 0.6) is 5.88 Å². The minimum Gasteiger partial charge on any atom is -0.467 e. The topological polar surface area (TPSA) is 60.3 Å². The number of rotatable bonds is 4. The number of aryl methyl sites for hydroxylation is 2. The quantitative estimate of drug-likeness (QED) is 0.666. The highest BCUT2D eigenvalue weighted by atomic mass is 35.5. The average molecular weight is 399 g/mol. The molecule has 0 bridgehead atoms. The molecular weight excluding hydrogens is 376 g/mol. The Labute approximate surface area is 169 Å². The first kappa shape index (κ1) is 18.7. The highest BCUT2D eigenvalue weighted by molar-refractivity contribution is 6.31. The molecule has 2 aromatic heterocycles. The van der Waals surface area contributed by atoms with Gasteiger partial charge in [-0.3, -0.25) is 4.79 Å². The van der Waals surface area contributed by atoms with Gasteiger partial charge in [0.25, 0.3) is 5.91 Å². The third kappa shape index (κ3) is 3.33. The summed E-state index contributed by atoms with van der Waals surface area (Å²) in [7, 11) is 0. The molecule has 0 radical (unpaired) electrons. The Bertz CT molecular complexity index is 1050. The Morgan fingerprint density at radius 1 is 1.21 bits per heavy atom. The van der Waals surface area contributed by atoms with Crippen LogP contribution in [0.4, 0.5) is 0 Å². The van der Waals surface area contributed by atoms with Crippen LogP contribution in [0.3, 0.4) is 0 Å². The van der Waals surface area contributed by atoms with Crippen molar-refractivity contribution in [3.05, 3.63) is 46.1 Å². The second-order valence-corrected chi connectivity index (χ2v) is 7.64. The van der Waals surface area contributed by atoms with Crippen LogP contribution in [-0.4, -0.2) is 45.3 Å². The third-order valence-electron chi connectivity index (χ3n) is 5.26. The lowest BCUT2D eigenvalue weighted by molar-refractivity contribution is -0.132. The summed E-state index contributed by atoms with van der Waals surface area (Å²) in [5, 5.41) is 6.35. The smallest absolute Gasteiger partial charge is 0.260 e. The van der Waals surface area contributed by atoms with Crippen molar-refractivity contribution in [2.45, 2.75) is 33.6 Å². The normalized spacial score (nSPS) is 14.1. The minimum absolute atomic E-state index is 0.00125. The zero-order chi connectivity index (χ0) is 19.8. The van der Waals surface area contributed by atoms with Crippen molar-refractivity contribution in [3.63, 3.8) is 0 Å². The Kier molecular flexibility index (Phi) is 4.98. The highest BCUT2D eigenvalue weighted by Crippen LogP contribution is 2.29. The molecule has 0 saturated carbocycles. The maximum Gasteiger partial charge on any atom is 0.260 e. The second-order valence-electron chi connectivity index (χ2n) is 7.23. The van der Waals surface area contributed by atoms with Gasteiger partial charge in [0, 0.05) is 29.6 Å². The maximum absolute atomic E-state index is 12.3. The van der Waals surface area contributed by atoms with Crippen molar-refractivity contribution in [2.24, 2.45) is 0 Å². The van der Waals surface area contributed by atoms with Gasteiger partial charge in [0.2, 0.25) is 5.88 Å². The summed E-state index contributed by atoms with van der Waals surface area (Å²) in [6.45, 7) is 7.55. The number of amides is 1. The molecule has 1 aliphatic rings. The molecule has 3 aromatic rings. The lowest BCUT2D eigenvalue weighted by Crippen LogP contribution is -2.32. The number of pyridine rings is 1. The van der Waals surface area contributed by atoms with E-state index in [1.54, 1.807) is 4.68 Å². The summed E-state index contributed by atoms with van der Waals surface area (Å²) in [5.74, 6) is 0.436. The molecule has 0 unspecified atom stereocenters. The van der Waals surface area contributed by atoms with Gasteiger partial charge in [-0.25, -0.2) is 4.68 Å². The largest absolute Gasteiger partial charge is 0.467 e. The Morgan fingerprint density at radius 3 is 2.71 bits per heavy atom. The van der Waals surface area contributed by atoms with E-state index in [1.165, 1.54) is 0 Å². The molecule has 7 heteroatoms. The van der Waals surface area contributed by atoms with Crippen LogP contribution in [0.1, 0.15) is 29.7 Å². The number of nitrogens with zero attached hydrogens (tertiary/aromatic N) is 4. The fraction of sp³-hybridized carbons (Fsp3) is 0.381. The summed E-state index contributed by atoms with van der Waals surface area (Å²) in [4.78, 5) is 18.8. The number of ether oxygens (including phenoxy) is 1. The zero-order valence-electron chi connectivity index (χ0n) is 16.3. The lowest BCUT2D eigenvalue weighted by atomic mass is 10.1. The van der Waals surface area contributed by atoms with Gasteiger partial charge in [-0.15, -0.1) is 0 Å². The molecule has 0 spiro atoms. The number of carbonyl (C=O) groups excluding carboxylic acids is 1. The van der Waals surface area contributed by atoms with Gasteiger partial charge < -0.3 is 9.64 Å². The summed E-state index contributed by atoms with van der Waals surface area (Å²) in [6, 6.07) is 7.59. The van der Waals surface area contributed by atoms with Crippen molar-refractivity contribution in [2.75, 3.05) is 19.7 Å². The average Bonchev–Trinajstić information content (AvgIpc) is 3.31. The fourth-order valence-corrected chi connectivity index (χ4v) is 3.90. The number of aromatic nitrogens is 3. The number of halogens is 1. The Balaban J connectivity index is 1.70. The number of carbonyl (C=O) groups is 1. The van der Waals surface area contributed by atoms with Gasteiger partial charge in [0.05, 0.1) is 11.4 Å².